The summed E-state index contributed by atoms with van der Waals surface area (Å²) in [6.07, 6.45) is 0.269. The molecule has 1 heterocycles. The van der Waals surface area contributed by atoms with E-state index in [4.69, 9.17) is 4.42 Å². The average molecular weight is 441 g/mol. The number of nitro benzene ring substituents is 1. The maximum absolute atomic E-state index is 12.5. The third kappa shape index (κ3) is 5.50. The summed E-state index contributed by atoms with van der Waals surface area (Å²) in [6.45, 7) is 0. The molecule has 164 valence electrons. The average Bonchev–Trinajstić information content (AvgIpc) is 3.32. The Morgan fingerprint density at radius 3 is 2.21 bits per heavy atom. The van der Waals surface area contributed by atoms with Crippen molar-refractivity contribution in [2.75, 3.05) is 10.6 Å². The second-order valence-corrected chi connectivity index (χ2v) is 7.21. The molecule has 2 N–H and O–H groups in total. The molecule has 0 radical (unpaired) electrons. The summed E-state index contributed by atoms with van der Waals surface area (Å²) >= 11 is 0. The Hall–Kier alpha value is -4.72. The predicted octanol–water partition coefficient (Wildman–Crippen LogP) is 5.29. The monoisotopic (exact) mass is 441 g/mol. The topological polar surface area (TPSA) is 114 Å². The Morgan fingerprint density at radius 1 is 0.818 bits per heavy atom. The third-order valence-corrected chi connectivity index (χ3v) is 4.81. The van der Waals surface area contributed by atoms with Crippen molar-refractivity contribution in [3.63, 3.8) is 0 Å². The number of amides is 2. The molecule has 4 aromatic rings. The van der Waals surface area contributed by atoms with E-state index in [0.29, 0.717) is 22.7 Å². The van der Waals surface area contributed by atoms with E-state index in [0.717, 1.165) is 5.56 Å². The van der Waals surface area contributed by atoms with Gasteiger partial charge in [0, 0.05) is 29.1 Å². The van der Waals surface area contributed by atoms with Gasteiger partial charge in [-0.15, -0.1) is 0 Å². The number of nitrogens with zero attached hydrogens (tertiary/aromatic N) is 1. The summed E-state index contributed by atoms with van der Waals surface area (Å²) in [4.78, 5) is 35.2. The number of benzene rings is 3. The van der Waals surface area contributed by atoms with E-state index in [1.165, 1.54) is 18.2 Å². The van der Waals surface area contributed by atoms with Crippen LogP contribution in [0.1, 0.15) is 16.1 Å². The lowest BCUT2D eigenvalue weighted by atomic mass is 10.1. The van der Waals surface area contributed by atoms with Crippen LogP contribution < -0.4 is 10.6 Å². The van der Waals surface area contributed by atoms with Crippen molar-refractivity contribution in [1.29, 1.82) is 0 Å². The normalized spacial score (nSPS) is 10.4. The Kier molecular flexibility index (Phi) is 6.26. The van der Waals surface area contributed by atoms with Gasteiger partial charge in [0.25, 0.3) is 11.6 Å². The second kappa shape index (κ2) is 9.61. The van der Waals surface area contributed by atoms with Crippen molar-refractivity contribution >= 4 is 28.9 Å². The number of anilines is 2. The standard InChI is InChI=1S/C25H19N3O5/c29-24(15-17-5-2-1-3-6-17)26-19-9-11-20(12-10-19)27-25(30)23-14-13-22(33-23)18-7-4-8-21(16-18)28(31)32/h1-14,16H,15H2,(H,26,29)(H,27,30). The molecule has 0 bridgehead atoms. The maximum Gasteiger partial charge on any atom is 0.291 e. The molecular weight excluding hydrogens is 422 g/mol. The first-order valence-electron chi connectivity index (χ1n) is 10.1. The van der Waals surface area contributed by atoms with Gasteiger partial charge in [-0.25, -0.2) is 0 Å². The van der Waals surface area contributed by atoms with Crippen LogP contribution in [0.25, 0.3) is 11.3 Å². The van der Waals surface area contributed by atoms with E-state index in [2.05, 4.69) is 10.6 Å². The fraction of sp³-hybridized carbons (Fsp3) is 0.0400. The number of furan rings is 1. The lowest BCUT2D eigenvalue weighted by molar-refractivity contribution is -0.384. The van der Waals surface area contributed by atoms with Crippen molar-refractivity contribution in [2.45, 2.75) is 6.42 Å². The van der Waals surface area contributed by atoms with Crippen LogP contribution in [0, 0.1) is 10.1 Å². The molecule has 3 aromatic carbocycles. The van der Waals surface area contributed by atoms with E-state index >= 15 is 0 Å². The molecular formula is C25H19N3O5. The van der Waals surface area contributed by atoms with Crippen LogP contribution in [-0.4, -0.2) is 16.7 Å². The van der Waals surface area contributed by atoms with E-state index < -0.39 is 10.8 Å². The highest BCUT2D eigenvalue weighted by Gasteiger charge is 2.15. The van der Waals surface area contributed by atoms with Gasteiger partial charge in [0.05, 0.1) is 11.3 Å². The SMILES string of the molecule is O=C(Cc1ccccc1)Nc1ccc(NC(=O)c2ccc(-c3cccc([N+](=O)[O-])c3)o2)cc1. The van der Waals surface area contributed by atoms with Crippen LogP contribution in [-0.2, 0) is 11.2 Å². The predicted molar refractivity (Wildman–Crippen MR) is 124 cm³/mol. The van der Waals surface area contributed by atoms with Crippen LogP contribution in [0.2, 0.25) is 0 Å². The van der Waals surface area contributed by atoms with Gasteiger partial charge in [-0.1, -0.05) is 42.5 Å². The van der Waals surface area contributed by atoms with Crippen molar-refractivity contribution in [3.05, 3.63) is 112 Å². The molecule has 0 spiro atoms. The Bertz CT molecular complexity index is 1300. The zero-order chi connectivity index (χ0) is 23.2. The number of carbonyl (C=O) groups is 2. The molecule has 0 aliphatic rings. The zero-order valence-electron chi connectivity index (χ0n) is 17.4. The molecule has 8 heteroatoms. The lowest BCUT2D eigenvalue weighted by Crippen LogP contribution is -2.14. The first-order chi connectivity index (χ1) is 16.0. The van der Waals surface area contributed by atoms with Crippen LogP contribution in [0.3, 0.4) is 0 Å². The quantitative estimate of drug-likeness (QED) is 0.299. The minimum atomic E-state index is -0.492. The molecule has 1 aromatic heterocycles. The Labute approximate surface area is 189 Å². The number of nitrogens with one attached hydrogen (secondary N) is 2. The van der Waals surface area contributed by atoms with Gasteiger partial charge < -0.3 is 15.1 Å². The molecule has 33 heavy (non-hydrogen) atoms. The highest BCUT2D eigenvalue weighted by atomic mass is 16.6. The van der Waals surface area contributed by atoms with E-state index in [1.807, 2.05) is 30.3 Å². The van der Waals surface area contributed by atoms with Crippen molar-refractivity contribution in [1.82, 2.24) is 0 Å². The van der Waals surface area contributed by atoms with Crippen molar-refractivity contribution < 1.29 is 18.9 Å². The van der Waals surface area contributed by atoms with Crippen LogP contribution in [0.4, 0.5) is 17.1 Å². The molecule has 0 fully saturated rings. The molecule has 0 unspecified atom stereocenters. The van der Waals surface area contributed by atoms with Gasteiger partial charge in [0.15, 0.2) is 5.76 Å². The Balaban J connectivity index is 1.37. The van der Waals surface area contributed by atoms with Gasteiger partial charge in [0.2, 0.25) is 5.91 Å². The summed E-state index contributed by atoms with van der Waals surface area (Å²) in [6, 6.07) is 25.2. The summed E-state index contributed by atoms with van der Waals surface area (Å²) in [5.74, 6) is -0.188. The second-order valence-electron chi connectivity index (χ2n) is 7.21. The van der Waals surface area contributed by atoms with Gasteiger partial charge in [-0.05, 0) is 42.0 Å². The van der Waals surface area contributed by atoms with Gasteiger partial charge in [0.1, 0.15) is 5.76 Å². The van der Waals surface area contributed by atoms with Gasteiger partial charge >= 0.3 is 0 Å². The number of carbonyl (C=O) groups excluding carboxylic acids is 2. The third-order valence-electron chi connectivity index (χ3n) is 4.81. The zero-order valence-corrected chi connectivity index (χ0v) is 17.4. The fourth-order valence-corrected chi connectivity index (χ4v) is 3.20. The summed E-state index contributed by atoms with van der Waals surface area (Å²) in [5, 5.41) is 16.5. The molecule has 8 nitrogen and oxygen atoms in total. The highest BCUT2D eigenvalue weighted by Crippen LogP contribution is 2.26. The molecule has 4 rings (SSSR count). The molecule has 0 aliphatic carbocycles. The summed E-state index contributed by atoms with van der Waals surface area (Å²) in [7, 11) is 0. The number of non-ortho nitro benzene ring substituents is 1. The first-order valence-corrected chi connectivity index (χ1v) is 10.1. The van der Waals surface area contributed by atoms with Crippen LogP contribution >= 0.6 is 0 Å². The Morgan fingerprint density at radius 2 is 1.52 bits per heavy atom. The molecule has 0 atom stereocenters. The van der Waals surface area contributed by atoms with E-state index in [-0.39, 0.29) is 23.8 Å². The molecule has 0 aliphatic heterocycles. The van der Waals surface area contributed by atoms with E-state index in [1.54, 1.807) is 42.5 Å². The number of nitro groups is 1. The number of hydrogen-bond donors (Lipinski definition) is 2. The van der Waals surface area contributed by atoms with Crippen LogP contribution in [0.15, 0.2) is 95.4 Å². The highest BCUT2D eigenvalue weighted by molar-refractivity contribution is 6.02. The molecule has 2 amide bonds. The summed E-state index contributed by atoms with van der Waals surface area (Å²) in [5.41, 5.74) is 2.49. The van der Waals surface area contributed by atoms with Crippen molar-refractivity contribution in [3.8, 4) is 11.3 Å². The molecule has 0 saturated carbocycles. The largest absolute Gasteiger partial charge is 0.451 e. The van der Waals surface area contributed by atoms with E-state index in [9.17, 15) is 19.7 Å². The minimum absolute atomic E-state index is 0.0640. The minimum Gasteiger partial charge on any atom is -0.451 e. The smallest absolute Gasteiger partial charge is 0.291 e. The van der Waals surface area contributed by atoms with Crippen LogP contribution in [0.5, 0.6) is 0 Å². The van der Waals surface area contributed by atoms with Gasteiger partial charge in [-0.2, -0.15) is 0 Å². The summed E-state index contributed by atoms with van der Waals surface area (Å²) < 4.78 is 5.58. The lowest BCUT2D eigenvalue weighted by Gasteiger charge is -2.07. The maximum atomic E-state index is 12.5. The molecule has 0 saturated heterocycles. The van der Waals surface area contributed by atoms with Crippen molar-refractivity contribution in [2.24, 2.45) is 0 Å². The number of rotatable bonds is 7. The van der Waals surface area contributed by atoms with Gasteiger partial charge in [-0.3, -0.25) is 19.7 Å². The first kappa shape index (κ1) is 21.5. The fourth-order valence-electron chi connectivity index (χ4n) is 3.20. The number of hydrogen-bond acceptors (Lipinski definition) is 5.